The SMILES string of the molecule is CCCc1cc(C(=O)NCCCC(F)(F)F)cc(N)n1. The van der Waals surface area contributed by atoms with Crippen LogP contribution in [0.25, 0.3) is 0 Å². The third-order valence-corrected chi connectivity index (χ3v) is 2.59. The number of aryl methyl sites for hydroxylation is 1. The molecular weight excluding hydrogens is 271 g/mol. The van der Waals surface area contributed by atoms with E-state index in [4.69, 9.17) is 5.73 Å². The summed E-state index contributed by atoms with van der Waals surface area (Å²) in [6, 6.07) is 3.03. The van der Waals surface area contributed by atoms with Gasteiger partial charge in [-0.25, -0.2) is 4.98 Å². The summed E-state index contributed by atoms with van der Waals surface area (Å²) in [5.74, 6) is -0.199. The molecule has 1 rings (SSSR count). The molecule has 3 N–H and O–H groups in total. The molecule has 112 valence electrons. The number of hydrogen-bond acceptors (Lipinski definition) is 3. The average molecular weight is 289 g/mol. The van der Waals surface area contributed by atoms with Crippen LogP contribution in [0.4, 0.5) is 19.0 Å². The molecule has 0 atom stereocenters. The van der Waals surface area contributed by atoms with Crippen molar-refractivity contribution in [3.8, 4) is 0 Å². The zero-order chi connectivity index (χ0) is 15.2. The number of rotatable bonds is 6. The molecule has 0 radical (unpaired) electrons. The molecule has 1 aromatic heterocycles. The molecule has 20 heavy (non-hydrogen) atoms. The minimum atomic E-state index is -4.19. The van der Waals surface area contributed by atoms with E-state index in [2.05, 4.69) is 10.3 Å². The molecule has 4 nitrogen and oxygen atoms in total. The normalized spacial score (nSPS) is 11.4. The first-order valence-corrected chi connectivity index (χ1v) is 6.43. The summed E-state index contributed by atoms with van der Waals surface area (Å²) in [7, 11) is 0. The van der Waals surface area contributed by atoms with Crippen molar-refractivity contribution in [1.29, 1.82) is 0 Å². The number of amides is 1. The Morgan fingerprint density at radius 1 is 1.40 bits per heavy atom. The van der Waals surface area contributed by atoms with E-state index < -0.39 is 18.5 Å². The Morgan fingerprint density at radius 3 is 2.70 bits per heavy atom. The zero-order valence-corrected chi connectivity index (χ0v) is 11.3. The highest BCUT2D eigenvalue weighted by Gasteiger charge is 2.26. The Bertz CT molecular complexity index is 461. The van der Waals surface area contributed by atoms with Crippen LogP contribution in [0.2, 0.25) is 0 Å². The molecule has 1 amide bonds. The third kappa shape index (κ3) is 5.90. The molecule has 0 spiro atoms. The van der Waals surface area contributed by atoms with E-state index in [1.165, 1.54) is 6.07 Å². The van der Waals surface area contributed by atoms with Crippen molar-refractivity contribution in [1.82, 2.24) is 10.3 Å². The van der Waals surface area contributed by atoms with Gasteiger partial charge < -0.3 is 11.1 Å². The Kier molecular flexibility index (Phi) is 5.79. The lowest BCUT2D eigenvalue weighted by Crippen LogP contribution is -2.26. The number of nitrogen functional groups attached to an aromatic ring is 1. The van der Waals surface area contributed by atoms with Gasteiger partial charge in [-0.05, 0) is 25.0 Å². The number of hydrogen-bond donors (Lipinski definition) is 2. The van der Waals surface area contributed by atoms with Gasteiger partial charge >= 0.3 is 6.18 Å². The first kappa shape index (κ1) is 16.3. The predicted molar refractivity (Wildman–Crippen MR) is 70.3 cm³/mol. The topological polar surface area (TPSA) is 68.0 Å². The highest BCUT2D eigenvalue weighted by molar-refractivity contribution is 5.94. The van der Waals surface area contributed by atoms with Gasteiger partial charge in [0.1, 0.15) is 5.82 Å². The molecule has 0 saturated carbocycles. The number of carbonyl (C=O) groups excluding carboxylic acids is 1. The molecule has 0 aliphatic rings. The second kappa shape index (κ2) is 7.12. The lowest BCUT2D eigenvalue weighted by molar-refractivity contribution is -0.135. The Balaban J connectivity index is 2.55. The van der Waals surface area contributed by atoms with E-state index in [0.29, 0.717) is 17.7 Å². The van der Waals surface area contributed by atoms with E-state index in [9.17, 15) is 18.0 Å². The Morgan fingerprint density at radius 2 is 2.10 bits per heavy atom. The minimum absolute atomic E-state index is 0.0241. The van der Waals surface area contributed by atoms with Crippen LogP contribution in [0.15, 0.2) is 12.1 Å². The number of alkyl halides is 3. The summed E-state index contributed by atoms with van der Waals surface area (Å²) in [6.07, 6.45) is -3.69. The summed E-state index contributed by atoms with van der Waals surface area (Å²) in [6.45, 7) is 1.95. The van der Waals surface area contributed by atoms with Gasteiger partial charge in [-0.2, -0.15) is 13.2 Å². The number of nitrogens with two attached hydrogens (primary N) is 1. The third-order valence-electron chi connectivity index (χ3n) is 2.59. The van der Waals surface area contributed by atoms with Crippen LogP contribution in [-0.4, -0.2) is 23.6 Å². The molecule has 0 fully saturated rings. The largest absolute Gasteiger partial charge is 0.389 e. The molecule has 0 saturated heterocycles. The fourth-order valence-corrected chi connectivity index (χ4v) is 1.72. The highest BCUT2D eigenvalue weighted by Crippen LogP contribution is 2.20. The number of pyridine rings is 1. The van der Waals surface area contributed by atoms with Crippen molar-refractivity contribution >= 4 is 11.7 Å². The minimum Gasteiger partial charge on any atom is -0.384 e. The van der Waals surface area contributed by atoms with E-state index in [1.807, 2.05) is 6.92 Å². The molecule has 0 aliphatic carbocycles. The van der Waals surface area contributed by atoms with Gasteiger partial charge in [0.05, 0.1) is 0 Å². The van der Waals surface area contributed by atoms with E-state index >= 15 is 0 Å². The van der Waals surface area contributed by atoms with Crippen LogP contribution < -0.4 is 11.1 Å². The molecule has 1 aromatic rings. The molecule has 0 aromatic carbocycles. The summed E-state index contributed by atoms with van der Waals surface area (Å²) in [5.41, 5.74) is 6.63. The maximum absolute atomic E-state index is 12.0. The van der Waals surface area contributed by atoms with Gasteiger partial charge in [-0.3, -0.25) is 4.79 Å². The lowest BCUT2D eigenvalue weighted by atomic mass is 10.1. The van der Waals surface area contributed by atoms with E-state index in [1.54, 1.807) is 6.07 Å². The van der Waals surface area contributed by atoms with Gasteiger partial charge in [-0.15, -0.1) is 0 Å². The number of carbonyl (C=O) groups is 1. The molecule has 7 heteroatoms. The second-order valence-electron chi connectivity index (χ2n) is 4.50. The highest BCUT2D eigenvalue weighted by atomic mass is 19.4. The summed E-state index contributed by atoms with van der Waals surface area (Å²) >= 11 is 0. The quantitative estimate of drug-likeness (QED) is 0.791. The van der Waals surface area contributed by atoms with Gasteiger partial charge in [-0.1, -0.05) is 13.3 Å². The standard InChI is InChI=1S/C13H18F3N3O/c1-2-4-10-7-9(8-11(17)19-10)12(20)18-6-3-5-13(14,15)16/h7-8H,2-6H2,1H3,(H2,17,19)(H,18,20). The van der Waals surface area contributed by atoms with Gasteiger partial charge in [0.15, 0.2) is 0 Å². The van der Waals surface area contributed by atoms with Crippen LogP contribution in [-0.2, 0) is 6.42 Å². The number of aromatic nitrogens is 1. The van der Waals surface area contributed by atoms with E-state index in [0.717, 1.165) is 6.42 Å². The maximum Gasteiger partial charge on any atom is 0.389 e. The predicted octanol–water partition coefficient (Wildman–Crippen LogP) is 2.69. The molecular formula is C13H18F3N3O. The Hall–Kier alpha value is -1.79. The van der Waals surface area contributed by atoms with Gasteiger partial charge in [0, 0.05) is 24.2 Å². The van der Waals surface area contributed by atoms with Crippen LogP contribution in [0.1, 0.15) is 42.2 Å². The van der Waals surface area contributed by atoms with Crippen molar-refractivity contribution in [2.45, 2.75) is 38.8 Å². The van der Waals surface area contributed by atoms with Gasteiger partial charge in [0.25, 0.3) is 5.91 Å². The summed E-state index contributed by atoms with van der Waals surface area (Å²) < 4.78 is 35.9. The lowest BCUT2D eigenvalue weighted by Gasteiger charge is -2.09. The summed E-state index contributed by atoms with van der Waals surface area (Å²) in [4.78, 5) is 15.9. The first-order valence-electron chi connectivity index (χ1n) is 6.43. The van der Waals surface area contributed by atoms with E-state index in [-0.39, 0.29) is 18.8 Å². The fourth-order valence-electron chi connectivity index (χ4n) is 1.72. The monoisotopic (exact) mass is 289 g/mol. The van der Waals surface area contributed by atoms with Gasteiger partial charge in [0.2, 0.25) is 0 Å². The molecule has 0 unspecified atom stereocenters. The molecule has 0 aliphatic heterocycles. The average Bonchev–Trinajstić information content (AvgIpc) is 2.33. The number of halogens is 3. The number of nitrogens with zero attached hydrogens (tertiary/aromatic N) is 1. The molecule has 1 heterocycles. The number of nitrogens with one attached hydrogen (secondary N) is 1. The zero-order valence-electron chi connectivity index (χ0n) is 11.3. The first-order chi connectivity index (χ1) is 9.31. The van der Waals surface area contributed by atoms with Crippen LogP contribution in [0.3, 0.4) is 0 Å². The Labute approximate surface area is 115 Å². The van der Waals surface area contributed by atoms with Crippen LogP contribution >= 0.6 is 0 Å². The summed E-state index contributed by atoms with van der Waals surface area (Å²) in [5, 5.41) is 2.45. The fraction of sp³-hybridized carbons (Fsp3) is 0.538. The smallest absolute Gasteiger partial charge is 0.384 e. The van der Waals surface area contributed by atoms with Crippen molar-refractivity contribution in [2.75, 3.05) is 12.3 Å². The van der Waals surface area contributed by atoms with Crippen LogP contribution in [0.5, 0.6) is 0 Å². The van der Waals surface area contributed by atoms with Crippen molar-refractivity contribution in [2.24, 2.45) is 0 Å². The second-order valence-corrected chi connectivity index (χ2v) is 4.50. The van der Waals surface area contributed by atoms with Crippen molar-refractivity contribution < 1.29 is 18.0 Å². The number of anilines is 1. The van der Waals surface area contributed by atoms with Crippen molar-refractivity contribution in [3.05, 3.63) is 23.4 Å². The van der Waals surface area contributed by atoms with Crippen LogP contribution in [0, 0.1) is 0 Å². The van der Waals surface area contributed by atoms with Crippen molar-refractivity contribution in [3.63, 3.8) is 0 Å². The molecule has 0 bridgehead atoms. The maximum atomic E-state index is 12.0.